The SMILES string of the molecule is CC(C)N(CC[C@H](c1ccccc1)c1cc(CCCCCOc2ccc(CCN)cc2)ccc1O)C(C)C. The number of aryl methyl sites for hydroxylation is 1. The summed E-state index contributed by atoms with van der Waals surface area (Å²) in [5.74, 6) is 1.49. The Labute approximate surface area is 230 Å². The Morgan fingerprint density at radius 2 is 1.47 bits per heavy atom. The molecule has 206 valence electrons. The molecule has 0 bridgehead atoms. The van der Waals surface area contributed by atoms with E-state index in [2.05, 4.69) is 87.2 Å². The summed E-state index contributed by atoms with van der Waals surface area (Å²) in [6, 6.07) is 26.1. The first-order valence-corrected chi connectivity index (χ1v) is 14.4. The molecule has 3 N–H and O–H groups in total. The van der Waals surface area contributed by atoms with E-state index in [1.54, 1.807) is 0 Å². The maximum Gasteiger partial charge on any atom is 0.119 e. The zero-order valence-electron chi connectivity index (χ0n) is 23.9. The fourth-order valence-electron chi connectivity index (χ4n) is 5.33. The van der Waals surface area contributed by atoms with Gasteiger partial charge in [-0.3, -0.25) is 4.90 Å². The summed E-state index contributed by atoms with van der Waals surface area (Å²) in [5, 5.41) is 10.9. The number of ether oxygens (including phenoxy) is 1. The Hall–Kier alpha value is -2.82. The highest BCUT2D eigenvalue weighted by molar-refractivity contribution is 5.44. The summed E-state index contributed by atoms with van der Waals surface area (Å²) in [6.45, 7) is 11.5. The number of aromatic hydroxyl groups is 1. The molecule has 0 aliphatic carbocycles. The molecule has 0 fully saturated rings. The van der Waals surface area contributed by atoms with Crippen molar-refractivity contribution >= 4 is 0 Å². The lowest BCUT2D eigenvalue weighted by molar-refractivity contribution is 0.170. The van der Waals surface area contributed by atoms with Gasteiger partial charge in [0, 0.05) is 23.6 Å². The standard InChI is InChI=1S/C34H48N2O2/c1-26(2)36(27(3)4)23-21-32(30-12-8-5-9-13-30)33-25-29(16-19-34(33)37)11-7-6-10-24-38-31-17-14-28(15-18-31)20-22-35/h5,8-9,12-19,25-27,32,37H,6-7,10-11,20-24,35H2,1-4H3/t32-/m1/s1. The van der Waals surface area contributed by atoms with E-state index in [-0.39, 0.29) is 5.92 Å². The summed E-state index contributed by atoms with van der Waals surface area (Å²) >= 11 is 0. The third kappa shape index (κ3) is 9.18. The van der Waals surface area contributed by atoms with Crippen molar-refractivity contribution in [3.63, 3.8) is 0 Å². The number of unbranched alkanes of at least 4 members (excludes halogenated alkanes) is 2. The van der Waals surface area contributed by atoms with Crippen molar-refractivity contribution in [3.05, 3.63) is 95.1 Å². The van der Waals surface area contributed by atoms with Gasteiger partial charge < -0.3 is 15.6 Å². The van der Waals surface area contributed by atoms with Crippen LogP contribution in [-0.2, 0) is 12.8 Å². The molecule has 0 spiro atoms. The first-order chi connectivity index (χ1) is 18.4. The highest BCUT2D eigenvalue weighted by atomic mass is 16.5. The molecule has 0 aliphatic rings. The molecule has 0 aromatic heterocycles. The maximum atomic E-state index is 10.9. The molecule has 0 unspecified atom stereocenters. The summed E-state index contributed by atoms with van der Waals surface area (Å²) in [4.78, 5) is 2.54. The molecule has 3 aromatic carbocycles. The fraction of sp³-hybridized carbons (Fsp3) is 0.471. The van der Waals surface area contributed by atoms with Crippen molar-refractivity contribution in [2.45, 2.75) is 84.2 Å². The summed E-state index contributed by atoms with van der Waals surface area (Å²) in [7, 11) is 0. The average molecular weight is 517 g/mol. The molecule has 0 saturated carbocycles. The normalized spacial score (nSPS) is 12.4. The first-order valence-electron chi connectivity index (χ1n) is 14.4. The Bertz CT molecular complexity index is 1060. The number of hydrogen-bond donors (Lipinski definition) is 2. The van der Waals surface area contributed by atoms with Gasteiger partial charge in [0.15, 0.2) is 0 Å². The van der Waals surface area contributed by atoms with Crippen LogP contribution in [-0.4, -0.2) is 41.8 Å². The van der Waals surface area contributed by atoms with Crippen LogP contribution in [0.2, 0.25) is 0 Å². The highest BCUT2D eigenvalue weighted by Crippen LogP contribution is 2.35. The monoisotopic (exact) mass is 516 g/mol. The minimum absolute atomic E-state index is 0.167. The third-order valence-corrected chi connectivity index (χ3v) is 7.41. The Balaban J connectivity index is 1.57. The molecule has 3 rings (SSSR count). The van der Waals surface area contributed by atoms with Gasteiger partial charge in [-0.15, -0.1) is 0 Å². The Morgan fingerprint density at radius 3 is 2.13 bits per heavy atom. The molecule has 1 atom stereocenters. The van der Waals surface area contributed by atoms with Crippen LogP contribution in [0.25, 0.3) is 0 Å². The lowest BCUT2D eigenvalue weighted by atomic mass is 9.86. The summed E-state index contributed by atoms with van der Waals surface area (Å²) in [6.07, 6.45) is 6.13. The van der Waals surface area contributed by atoms with E-state index in [1.165, 1.54) is 16.7 Å². The minimum atomic E-state index is 0.167. The van der Waals surface area contributed by atoms with Gasteiger partial charge in [0.1, 0.15) is 11.5 Å². The molecule has 38 heavy (non-hydrogen) atoms. The second-order valence-electron chi connectivity index (χ2n) is 10.9. The maximum absolute atomic E-state index is 10.9. The molecule has 4 nitrogen and oxygen atoms in total. The number of rotatable bonds is 16. The lowest BCUT2D eigenvalue weighted by Gasteiger charge is -2.32. The van der Waals surface area contributed by atoms with E-state index in [4.69, 9.17) is 10.5 Å². The minimum Gasteiger partial charge on any atom is -0.508 e. The van der Waals surface area contributed by atoms with Crippen LogP contribution in [0, 0.1) is 0 Å². The first kappa shape index (κ1) is 29.7. The predicted molar refractivity (Wildman–Crippen MR) is 160 cm³/mol. The number of nitrogens with two attached hydrogens (primary N) is 1. The molecule has 0 saturated heterocycles. The van der Waals surface area contributed by atoms with Gasteiger partial charge in [-0.2, -0.15) is 0 Å². The molecule has 3 aromatic rings. The molecule has 0 aliphatic heterocycles. The van der Waals surface area contributed by atoms with Gasteiger partial charge in [-0.1, -0.05) is 54.6 Å². The quantitative estimate of drug-likeness (QED) is 0.196. The van der Waals surface area contributed by atoms with Crippen molar-refractivity contribution in [2.75, 3.05) is 19.7 Å². The van der Waals surface area contributed by atoms with Gasteiger partial charge in [0.2, 0.25) is 0 Å². The third-order valence-electron chi connectivity index (χ3n) is 7.41. The fourth-order valence-corrected chi connectivity index (χ4v) is 5.33. The van der Waals surface area contributed by atoms with Crippen molar-refractivity contribution < 1.29 is 9.84 Å². The topological polar surface area (TPSA) is 58.7 Å². The molecular weight excluding hydrogens is 468 g/mol. The van der Waals surface area contributed by atoms with Gasteiger partial charge in [0.05, 0.1) is 6.61 Å². The smallest absolute Gasteiger partial charge is 0.119 e. The van der Waals surface area contributed by atoms with Crippen LogP contribution in [0.4, 0.5) is 0 Å². The van der Waals surface area contributed by atoms with Crippen LogP contribution in [0.1, 0.15) is 81.5 Å². The predicted octanol–water partition coefficient (Wildman–Crippen LogP) is 7.33. The molecule has 0 radical (unpaired) electrons. The van der Waals surface area contributed by atoms with Gasteiger partial charge in [0.25, 0.3) is 0 Å². The molecule has 0 amide bonds. The van der Waals surface area contributed by atoms with E-state index >= 15 is 0 Å². The second-order valence-corrected chi connectivity index (χ2v) is 10.9. The van der Waals surface area contributed by atoms with Crippen molar-refractivity contribution in [2.24, 2.45) is 5.73 Å². The number of nitrogens with zero attached hydrogens (tertiary/aromatic N) is 1. The van der Waals surface area contributed by atoms with E-state index in [1.807, 2.05) is 18.2 Å². The van der Waals surface area contributed by atoms with Gasteiger partial charge in [-0.25, -0.2) is 0 Å². The summed E-state index contributed by atoms with van der Waals surface area (Å²) < 4.78 is 5.92. The second kappa shape index (κ2) is 15.6. The van der Waals surface area contributed by atoms with Crippen molar-refractivity contribution in [1.82, 2.24) is 4.90 Å². The number of phenolic OH excluding ortho intramolecular Hbond substituents is 1. The van der Waals surface area contributed by atoms with Crippen molar-refractivity contribution in [1.29, 1.82) is 0 Å². The average Bonchev–Trinajstić information content (AvgIpc) is 2.91. The Morgan fingerprint density at radius 1 is 0.789 bits per heavy atom. The van der Waals surface area contributed by atoms with Gasteiger partial charge >= 0.3 is 0 Å². The zero-order valence-corrected chi connectivity index (χ0v) is 23.9. The van der Waals surface area contributed by atoms with Crippen molar-refractivity contribution in [3.8, 4) is 11.5 Å². The van der Waals surface area contributed by atoms with Crippen LogP contribution in [0.15, 0.2) is 72.8 Å². The van der Waals surface area contributed by atoms with E-state index in [0.717, 1.165) is 63.0 Å². The lowest BCUT2D eigenvalue weighted by Crippen LogP contribution is -2.38. The Kier molecular flexibility index (Phi) is 12.2. The molecule has 0 heterocycles. The van der Waals surface area contributed by atoms with Crippen LogP contribution < -0.4 is 10.5 Å². The molecular formula is C34H48N2O2. The highest BCUT2D eigenvalue weighted by Gasteiger charge is 2.21. The van der Waals surface area contributed by atoms with E-state index < -0.39 is 0 Å². The van der Waals surface area contributed by atoms with E-state index in [0.29, 0.717) is 24.4 Å². The van der Waals surface area contributed by atoms with E-state index in [9.17, 15) is 5.11 Å². The summed E-state index contributed by atoms with van der Waals surface area (Å²) in [5.41, 5.74) is 10.5. The largest absolute Gasteiger partial charge is 0.508 e. The number of phenols is 1. The molecule has 4 heteroatoms. The number of hydrogen-bond acceptors (Lipinski definition) is 4. The van der Waals surface area contributed by atoms with Crippen LogP contribution >= 0.6 is 0 Å². The van der Waals surface area contributed by atoms with Crippen LogP contribution in [0.3, 0.4) is 0 Å². The number of benzene rings is 3. The zero-order chi connectivity index (χ0) is 27.3. The van der Waals surface area contributed by atoms with Crippen LogP contribution in [0.5, 0.6) is 11.5 Å². The van der Waals surface area contributed by atoms with Gasteiger partial charge in [-0.05, 0) is 114 Å².